The third kappa shape index (κ3) is 5.53. The van der Waals surface area contributed by atoms with Gasteiger partial charge in [0.15, 0.2) is 4.34 Å². The molecular formula is C20H21FN4OS2. The first-order valence-electron chi connectivity index (χ1n) is 8.80. The molecule has 1 heterocycles. The van der Waals surface area contributed by atoms with Gasteiger partial charge in [-0.2, -0.15) is 0 Å². The van der Waals surface area contributed by atoms with E-state index in [1.807, 2.05) is 45.0 Å². The molecule has 0 unspecified atom stereocenters. The molecule has 0 spiro atoms. The maximum atomic E-state index is 13.0. The van der Waals surface area contributed by atoms with Crippen molar-refractivity contribution in [2.75, 3.05) is 5.32 Å². The van der Waals surface area contributed by atoms with Crippen LogP contribution < -0.4 is 10.6 Å². The van der Waals surface area contributed by atoms with Gasteiger partial charge >= 0.3 is 0 Å². The van der Waals surface area contributed by atoms with Gasteiger partial charge in [-0.1, -0.05) is 47.4 Å². The summed E-state index contributed by atoms with van der Waals surface area (Å²) in [5.41, 5.74) is 2.96. The highest BCUT2D eigenvalue weighted by Gasteiger charge is 2.19. The number of thioether (sulfide) groups is 1. The number of hydrogen-bond donors (Lipinski definition) is 2. The molecule has 0 radical (unpaired) electrons. The Hall–Kier alpha value is -2.45. The predicted octanol–water partition coefficient (Wildman–Crippen LogP) is 5.09. The van der Waals surface area contributed by atoms with Crippen molar-refractivity contribution in [3.05, 3.63) is 65.5 Å². The molecule has 0 bridgehead atoms. The summed E-state index contributed by atoms with van der Waals surface area (Å²) in [6.07, 6.45) is 0. The molecule has 0 aliphatic heterocycles. The Morgan fingerprint density at radius 3 is 2.61 bits per heavy atom. The van der Waals surface area contributed by atoms with Crippen molar-refractivity contribution in [3.8, 4) is 0 Å². The molecule has 0 fully saturated rings. The molecule has 3 aromatic rings. The van der Waals surface area contributed by atoms with Gasteiger partial charge in [-0.25, -0.2) is 4.39 Å². The second-order valence-corrected chi connectivity index (χ2v) is 8.97. The first kappa shape index (κ1) is 20.3. The van der Waals surface area contributed by atoms with Gasteiger partial charge in [-0.15, -0.1) is 10.2 Å². The van der Waals surface area contributed by atoms with Crippen LogP contribution in [0.1, 0.15) is 31.0 Å². The SMILES string of the molecule is Cc1cccc(Nc2nnc(S[C@H](C)C(=O)N[C@H](C)c3ccc(F)cc3)s2)c1. The van der Waals surface area contributed by atoms with E-state index in [-0.39, 0.29) is 23.0 Å². The zero-order chi connectivity index (χ0) is 20.1. The molecular weight excluding hydrogens is 395 g/mol. The highest BCUT2D eigenvalue weighted by molar-refractivity contribution is 8.02. The smallest absolute Gasteiger partial charge is 0.233 e. The van der Waals surface area contributed by atoms with Crippen molar-refractivity contribution in [1.29, 1.82) is 0 Å². The normalized spacial score (nSPS) is 13.0. The summed E-state index contributed by atoms with van der Waals surface area (Å²) in [4.78, 5) is 12.5. The van der Waals surface area contributed by atoms with Crippen LogP contribution in [0.5, 0.6) is 0 Å². The monoisotopic (exact) mass is 416 g/mol. The lowest BCUT2D eigenvalue weighted by Gasteiger charge is -2.17. The summed E-state index contributed by atoms with van der Waals surface area (Å²) in [6, 6.07) is 13.9. The topological polar surface area (TPSA) is 66.9 Å². The number of aromatic nitrogens is 2. The summed E-state index contributed by atoms with van der Waals surface area (Å²) < 4.78 is 13.7. The van der Waals surface area contributed by atoms with Crippen LogP contribution in [0.3, 0.4) is 0 Å². The van der Waals surface area contributed by atoms with E-state index >= 15 is 0 Å². The lowest BCUT2D eigenvalue weighted by molar-refractivity contribution is -0.120. The maximum absolute atomic E-state index is 13.0. The average molecular weight is 417 g/mol. The van der Waals surface area contributed by atoms with E-state index in [1.54, 1.807) is 12.1 Å². The minimum Gasteiger partial charge on any atom is -0.349 e. The van der Waals surface area contributed by atoms with Gasteiger partial charge in [-0.3, -0.25) is 4.79 Å². The molecule has 0 saturated heterocycles. The summed E-state index contributed by atoms with van der Waals surface area (Å²) in [6.45, 7) is 5.73. The Balaban J connectivity index is 1.55. The van der Waals surface area contributed by atoms with Crippen LogP contribution in [-0.2, 0) is 4.79 Å². The van der Waals surface area contributed by atoms with E-state index in [0.717, 1.165) is 16.8 Å². The number of benzene rings is 2. The lowest BCUT2D eigenvalue weighted by Crippen LogP contribution is -2.33. The fourth-order valence-corrected chi connectivity index (χ4v) is 4.45. The van der Waals surface area contributed by atoms with Gasteiger partial charge in [0.2, 0.25) is 11.0 Å². The molecule has 2 N–H and O–H groups in total. The zero-order valence-corrected chi connectivity index (χ0v) is 17.4. The van der Waals surface area contributed by atoms with Gasteiger partial charge in [-0.05, 0) is 56.2 Å². The quantitative estimate of drug-likeness (QED) is 0.525. The largest absolute Gasteiger partial charge is 0.349 e. The molecule has 2 aromatic carbocycles. The molecule has 28 heavy (non-hydrogen) atoms. The van der Waals surface area contributed by atoms with Crippen LogP contribution in [-0.4, -0.2) is 21.4 Å². The molecule has 3 rings (SSSR count). The van der Waals surface area contributed by atoms with E-state index in [4.69, 9.17) is 0 Å². The highest BCUT2D eigenvalue weighted by Crippen LogP contribution is 2.31. The van der Waals surface area contributed by atoms with Crippen LogP contribution in [0.25, 0.3) is 0 Å². The van der Waals surface area contributed by atoms with Crippen LogP contribution in [0.2, 0.25) is 0 Å². The molecule has 146 valence electrons. The molecule has 1 aromatic heterocycles. The van der Waals surface area contributed by atoms with Crippen LogP contribution in [0.15, 0.2) is 52.9 Å². The van der Waals surface area contributed by atoms with Gasteiger partial charge in [0.05, 0.1) is 11.3 Å². The third-order valence-corrected chi connectivity index (χ3v) is 6.07. The highest BCUT2D eigenvalue weighted by atomic mass is 32.2. The maximum Gasteiger partial charge on any atom is 0.233 e. The van der Waals surface area contributed by atoms with Gasteiger partial charge in [0.25, 0.3) is 0 Å². The van der Waals surface area contributed by atoms with Crippen molar-refractivity contribution in [2.24, 2.45) is 0 Å². The van der Waals surface area contributed by atoms with Crippen molar-refractivity contribution < 1.29 is 9.18 Å². The Kier molecular flexibility index (Phi) is 6.64. The van der Waals surface area contributed by atoms with Crippen LogP contribution in [0, 0.1) is 12.7 Å². The number of amides is 1. The second-order valence-electron chi connectivity index (χ2n) is 6.41. The molecule has 0 aliphatic rings. The Morgan fingerprint density at radius 1 is 1.14 bits per heavy atom. The van der Waals surface area contributed by atoms with Crippen molar-refractivity contribution in [1.82, 2.24) is 15.5 Å². The number of nitrogens with one attached hydrogen (secondary N) is 2. The van der Waals surface area contributed by atoms with E-state index in [1.165, 1.54) is 35.2 Å². The van der Waals surface area contributed by atoms with E-state index in [9.17, 15) is 9.18 Å². The van der Waals surface area contributed by atoms with Crippen LogP contribution >= 0.6 is 23.1 Å². The summed E-state index contributed by atoms with van der Waals surface area (Å²) in [5, 5.41) is 14.8. The van der Waals surface area contributed by atoms with E-state index in [2.05, 4.69) is 20.8 Å². The van der Waals surface area contributed by atoms with Gasteiger partial charge in [0.1, 0.15) is 5.82 Å². The molecule has 8 heteroatoms. The number of aryl methyl sites for hydroxylation is 1. The number of rotatable bonds is 7. The third-order valence-electron chi connectivity index (χ3n) is 4.05. The lowest BCUT2D eigenvalue weighted by atomic mass is 10.1. The number of hydrogen-bond acceptors (Lipinski definition) is 6. The minimum absolute atomic E-state index is 0.106. The average Bonchev–Trinajstić information content (AvgIpc) is 3.09. The summed E-state index contributed by atoms with van der Waals surface area (Å²) in [5.74, 6) is -0.400. The standard InChI is InChI=1S/C20H21FN4OS2/c1-12-5-4-6-17(11-12)23-19-24-25-20(28-19)27-14(3)18(26)22-13(2)15-7-9-16(21)10-8-15/h4-11,13-14H,1-3H3,(H,22,26)(H,23,24)/t13-,14-/m1/s1. The Labute approximate surface area is 171 Å². The minimum atomic E-state index is -0.331. The molecule has 5 nitrogen and oxygen atoms in total. The first-order valence-corrected chi connectivity index (χ1v) is 10.5. The Morgan fingerprint density at radius 2 is 1.89 bits per heavy atom. The number of carbonyl (C=O) groups is 1. The molecule has 2 atom stereocenters. The van der Waals surface area contributed by atoms with E-state index in [0.29, 0.717) is 9.47 Å². The molecule has 0 aliphatic carbocycles. The van der Waals surface area contributed by atoms with Crippen molar-refractivity contribution in [3.63, 3.8) is 0 Å². The number of halogens is 1. The number of nitrogens with zero attached hydrogens (tertiary/aromatic N) is 2. The number of anilines is 2. The molecule has 0 saturated carbocycles. The van der Waals surface area contributed by atoms with Crippen molar-refractivity contribution in [2.45, 2.75) is 36.4 Å². The predicted molar refractivity (Wildman–Crippen MR) is 113 cm³/mol. The van der Waals surface area contributed by atoms with Gasteiger partial charge in [0, 0.05) is 5.69 Å². The first-order chi connectivity index (χ1) is 13.4. The van der Waals surface area contributed by atoms with Crippen LogP contribution in [0.4, 0.5) is 15.2 Å². The fraction of sp³-hybridized carbons (Fsp3) is 0.250. The molecule has 1 amide bonds. The second kappa shape index (κ2) is 9.16. The Bertz CT molecular complexity index is 945. The summed E-state index contributed by atoms with van der Waals surface area (Å²) in [7, 11) is 0. The van der Waals surface area contributed by atoms with E-state index < -0.39 is 0 Å². The summed E-state index contributed by atoms with van der Waals surface area (Å²) >= 11 is 2.76. The van der Waals surface area contributed by atoms with Crippen molar-refractivity contribution >= 4 is 39.8 Å². The fourth-order valence-electron chi connectivity index (χ4n) is 2.52. The number of carbonyl (C=O) groups excluding carboxylic acids is 1. The zero-order valence-electron chi connectivity index (χ0n) is 15.8. The van der Waals surface area contributed by atoms with Gasteiger partial charge < -0.3 is 10.6 Å².